The summed E-state index contributed by atoms with van der Waals surface area (Å²) in [5.74, 6) is 3.38. The van der Waals surface area contributed by atoms with E-state index in [9.17, 15) is 0 Å². The van der Waals surface area contributed by atoms with Crippen molar-refractivity contribution in [2.45, 2.75) is 6.54 Å². The quantitative estimate of drug-likeness (QED) is 0.428. The average Bonchev–Trinajstić information content (AvgIpc) is 3.39. The van der Waals surface area contributed by atoms with Gasteiger partial charge < -0.3 is 14.4 Å². The Morgan fingerprint density at radius 3 is 2.44 bits per heavy atom. The van der Waals surface area contributed by atoms with Crippen LogP contribution in [0, 0.1) is 0 Å². The van der Waals surface area contributed by atoms with Gasteiger partial charge in [0.05, 0.1) is 24.6 Å². The van der Waals surface area contributed by atoms with E-state index < -0.39 is 0 Å². The van der Waals surface area contributed by atoms with Gasteiger partial charge in [0.2, 0.25) is 0 Å². The molecule has 32 heavy (non-hydrogen) atoms. The molecule has 1 aliphatic heterocycles. The Bertz CT molecular complexity index is 1200. The van der Waals surface area contributed by atoms with Crippen LogP contribution >= 0.6 is 11.3 Å². The second-order valence-corrected chi connectivity index (χ2v) is 8.77. The molecule has 0 amide bonds. The lowest BCUT2D eigenvalue weighted by Gasteiger charge is -2.36. The van der Waals surface area contributed by atoms with Crippen molar-refractivity contribution in [1.29, 1.82) is 0 Å². The van der Waals surface area contributed by atoms with Gasteiger partial charge in [-0.2, -0.15) is 0 Å². The van der Waals surface area contributed by atoms with Crippen LogP contribution in [0.4, 0.5) is 5.82 Å². The van der Waals surface area contributed by atoms with E-state index in [4.69, 9.17) is 19.4 Å². The Morgan fingerprint density at radius 1 is 0.875 bits per heavy atom. The number of anilines is 1. The topological polar surface area (TPSA) is 50.7 Å². The van der Waals surface area contributed by atoms with E-state index in [2.05, 4.69) is 51.6 Å². The molecular weight excluding hydrogens is 420 g/mol. The molecule has 1 saturated heterocycles. The number of aromatic nitrogens is 2. The summed E-state index contributed by atoms with van der Waals surface area (Å²) in [5, 5.41) is 3.18. The number of rotatable bonds is 6. The normalized spacial score (nSPS) is 14.6. The third-order valence-electron chi connectivity index (χ3n) is 5.85. The van der Waals surface area contributed by atoms with Gasteiger partial charge in [-0.1, -0.05) is 24.3 Å². The van der Waals surface area contributed by atoms with Crippen molar-refractivity contribution < 1.29 is 9.47 Å². The van der Waals surface area contributed by atoms with Gasteiger partial charge in [-0.25, -0.2) is 9.97 Å². The number of methoxy groups -OCH3 is 2. The monoisotopic (exact) mass is 446 g/mol. The fourth-order valence-electron chi connectivity index (χ4n) is 4.17. The van der Waals surface area contributed by atoms with Gasteiger partial charge in [0.15, 0.2) is 17.3 Å². The van der Waals surface area contributed by atoms with Crippen LogP contribution in [0.25, 0.3) is 21.6 Å². The lowest BCUT2D eigenvalue weighted by molar-refractivity contribution is 0.249. The van der Waals surface area contributed by atoms with Crippen molar-refractivity contribution >= 4 is 28.1 Å². The molecule has 164 valence electrons. The zero-order valence-corrected chi connectivity index (χ0v) is 19.1. The van der Waals surface area contributed by atoms with Gasteiger partial charge in [0.1, 0.15) is 5.82 Å². The maximum Gasteiger partial charge on any atom is 0.172 e. The molecule has 1 fully saturated rings. The van der Waals surface area contributed by atoms with Crippen LogP contribution in [0.2, 0.25) is 0 Å². The smallest absolute Gasteiger partial charge is 0.172 e. The summed E-state index contributed by atoms with van der Waals surface area (Å²) >= 11 is 1.68. The molecular formula is C25H26N4O2S. The van der Waals surface area contributed by atoms with Gasteiger partial charge in [0.25, 0.3) is 0 Å². The number of benzene rings is 2. The highest BCUT2D eigenvalue weighted by atomic mass is 32.1. The number of thiophene rings is 1. The van der Waals surface area contributed by atoms with Crippen LogP contribution in [-0.2, 0) is 6.54 Å². The zero-order valence-electron chi connectivity index (χ0n) is 18.3. The molecule has 1 aliphatic rings. The van der Waals surface area contributed by atoms with Crippen molar-refractivity contribution in [3.63, 3.8) is 0 Å². The maximum atomic E-state index is 5.46. The lowest BCUT2D eigenvalue weighted by Crippen LogP contribution is -2.46. The summed E-state index contributed by atoms with van der Waals surface area (Å²) in [6, 6.07) is 18.6. The third-order valence-corrected chi connectivity index (χ3v) is 6.72. The highest BCUT2D eigenvalue weighted by Gasteiger charge is 2.22. The van der Waals surface area contributed by atoms with E-state index in [0.717, 1.165) is 71.6 Å². The van der Waals surface area contributed by atoms with Crippen molar-refractivity contribution in [3.8, 4) is 22.2 Å². The van der Waals surface area contributed by atoms with Crippen molar-refractivity contribution in [2.75, 3.05) is 45.3 Å². The molecule has 5 rings (SSSR count). The number of piperazine rings is 1. The molecule has 0 unspecified atom stereocenters. The summed E-state index contributed by atoms with van der Waals surface area (Å²) in [5.41, 5.74) is 2.22. The first kappa shape index (κ1) is 20.7. The molecule has 2 aromatic carbocycles. The van der Waals surface area contributed by atoms with Crippen LogP contribution in [0.5, 0.6) is 11.5 Å². The van der Waals surface area contributed by atoms with Crippen molar-refractivity contribution in [2.24, 2.45) is 0 Å². The Kier molecular flexibility index (Phi) is 5.92. The Labute approximate surface area is 192 Å². The molecule has 2 aromatic heterocycles. The summed E-state index contributed by atoms with van der Waals surface area (Å²) in [7, 11) is 3.34. The van der Waals surface area contributed by atoms with Crippen LogP contribution in [-0.4, -0.2) is 55.3 Å². The second-order valence-electron chi connectivity index (χ2n) is 7.82. The van der Waals surface area contributed by atoms with Crippen LogP contribution < -0.4 is 14.4 Å². The van der Waals surface area contributed by atoms with E-state index in [0.29, 0.717) is 0 Å². The summed E-state index contributed by atoms with van der Waals surface area (Å²) in [6.45, 7) is 4.69. The van der Waals surface area contributed by atoms with E-state index in [-0.39, 0.29) is 0 Å². The maximum absolute atomic E-state index is 5.46. The van der Waals surface area contributed by atoms with Gasteiger partial charge >= 0.3 is 0 Å². The number of hydrogen-bond donors (Lipinski definition) is 0. The molecule has 3 heterocycles. The first-order valence-electron chi connectivity index (χ1n) is 10.7. The average molecular weight is 447 g/mol. The molecule has 0 N–H and O–H groups in total. The highest BCUT2D eigenvalue weighted by Crippen LogP contribution is 2.31. The SMILES string of the molecule is COc1ccc(CN2CCN(c3nc(-c4cccs4)nc4ccccc34)CC2)cc1OC. The highest BCUT2D eigenvalue weighted by molar-refractivity contribution is 7.13. The molecule has 6 nitrogen and oxygen atoms in total. The predicted octanol–water partition coefficient (Wildman–Crippen LogP) is 4.70. The summed E-state index contributed by atoms with van der Waals surface area (Å²) in [4.78, 5) is 15.8. The van der Waals surface area contributed by atoms with E-state index in [1.54, 1.807) is 25.6 Å². The number of ether oxygens (including phenoxy) is 2. The molecule has 0 bridgehead atoms. The van der Waals surface area contributed by atoms with Crippen molar-refractivity contribution in [3.05, 3.63) is 65.5 Å². The third kappa shape index (κ3) is 4.13. The van der Waals surface area contributed by atoms with E-state index in [1.165, 1.54) is 5.56 Å². The predicted molar refractivity (Wildman–Crippen MR) is 130 cm³/mol. The first-order chi connectivity index (χ1) is 15.7. The molecule has 0 saturated carbocycles. The molecule has 0 atom stereocenters. The van der Waals surface area contributed by atoms with Gasteiger partial charge in [-0.3, -0.25) is 4.90 Å². The summed E-state index contributed by atoms with van der Waals surface area (Å²) < 4.78 is 10.8. The van der Waals surface area contributed by atoms with Crippen LogP contribution in [0.3, 0.4) is 0 Å². The lowest BCUT2D eigenvalue weighted by atomic mass is 10.1. The number of para-hydroxylation sites is 1. The molecule has 0 radical (unpaired) electrons. The fourth-order valence-corrected chi connectivity index (χ4v) is 4.83. The number of hydrogen-bond acceptors (Lipinski definition) is 7. The minimum Gasteiger partial charge on any atom is -0.493 e. The Hall–Kier alpha value is -3.16. The second kappa shape index (κ2) is 9.14. The molecule has 7 heteroatoms. The Morgan fingerprint density at radius 2 is 1.69 bits per heavy atom. The van der Waals surface area contributed by atoms with Gasteiger partial charge in [0, 0.05) is 38.1 Å². The minimum atomic E-state index is 0.762. The van der Waals surface area contributed by atoms with Crippen LogP contribution in [0.1, 0.15) is 5.56 Å². The molecule has 4 aromatic rings. The standard InChI is InChI=1S/C25H26N4O2S/c1-30-21-10-9-18(16-22(21)31-2)17-28-11-13-29(14-12-28)25-19-6-3-4-7-20(19)26-24(27-25)23-8-5-15-32-23/h3-10,15-16H,11-14,17H2,1-2H3. The van der Waals surface area contributed by atoms with E-state index in [1.807, 2.05) is 18.2 Å². The first-order valence-corrected chi connectivity index (χ1v) is 11.6. The zero-order chi connectivity index (χ0) is 21.9. The molecule has 0 aliphatic carbocycles. The Balaban J connectivity index is 1.34. The summed E-state index contributed by atoms with van der Waals surface area (Å²) in [6.07, 6.45) is 0. The molecule has 0 spiro atoms. The fraction of sp³-hybridized carbons (Fsp3) is 0.280. The number of fused-ring (bicyclic) bond motifs is 1. The number of nitrogens with zero attached hydrogens (tertiary/aromatic N) is 4. The van der Waals surface area contributed by atoms with Crippen LogP contribution in [0.15, 0.2) is 60.0 Å². The largest absolute Gasteiger partial charge is 0.493 e. The minimum absolute atomic E-state index is 0.762. The van der Waals surface area contributed by atoms with E-state index >= 15 is 0 Å². The van der Waals surface area contributed by atoms with Gasteiger partial charge in [-0.15, -0.1) is 11.3 Å². The van der Waals surface area contributed by atoms with Crippen molar-refractivity contribution in [1.82, 2.24) is 14.9 Å². The van der Waals surface area contributed by atoms with Gasteiger partial charge in [-0.05, 0) is 41.3 Å².